The van der Waals surface area contributed by atoms with E-state index in [1.54, 1.807) is 6.92 Å². The number of anilines is 1. The molecule has 5 rings (SSSR count). The number of likely N-dealkylation sites (tertiary alicyclic amines) is 1. The maximum Gasteiger partial charge on any atom is 0.417 e. The Morgan fingerprint density at radius 2 is 2.03 bits per heavy atom. The van der Waals surface area contributed by atoms with Crippen molar-refractivity contribution in [1.82, 2.24) is 15.0 Å². The lowest BCUT2D eigenvalue weighted by atomic mass is 10.1. The number of nitriles is 1. The molecule has 3 saturated heterocycles. The van der Waals surface area contributed by atoms with E-state index in [1.165, 1.54) is 21.9 Å². The second-order valence-corrected chi connectivity index (χ2v) is 7.88. The molecule has 0 spiro atoms. The number of carbonyl (C=O) groups is 3. The zero-order chi connectivity index (χ0) is 22.9. The van der Waals surface area contributed by atoms with Gasteiger partial charge in [-0.3, -0.25) is 9.59 Å². The number of fused-ring (bicyclic) bond motifs is 5. The molecule has 0 saturated carbocycles. The minimum Gasteiger partial charge on any atom is -0.361 e. The second-order valence-electron chi connectivity index (χ2n) is 7.88. The number of urea groups is 1. The quantitative estimate of drug-likeness (QED) is 0.656. The molecule has 3 unspecified atom stereocenters. The maximum absolute atomic E-state index is 13.4. The number of alkyl halides is 3. The number of nitrogens with zero attached hydrogens (tertiary/aromatic N) is 5. The molecule has 0 N–H and O–H groups in total. The molecule has 2 bridgehead atoms. The molecule has 3 aliphatic heterocycles. The van der Waals surface area contributed by atoms with Gasteiger partial charge in [0.2, 0.25) is 0 Å². The van der Waals surface area contributed by atoms with Crippen molar-refractivity contribution in [2.75, 3.05) is 11.4 Å². The Morgan fingerprint density at radius 1 is 1.28 bits per heavy atom. The van der Waals surface area contributed by atoms with Gasteiger partial charge in [-0.15, -0.1) is 0 Å². The van der Waals surface area contributed by atoms with Crippen LogP contribution in [0.3, 0.4) is 0 Å². The van der Waals surface area contributed by atoms with Gasteiger partial charge >= 0.3 is 12.2 Å². The lowest BCUT2D eigenvalue weighted by molar-refractivity contribution is -0.137. The highest BCUT2D eigenvalue weighted by Gasteiger charge is 2.63. The summed E-state index contributed by atoms with van der Waals surface area (Å²) in [5.41, 5.74) is -2.03. The molecule has 0 radical (unpaired) electrons. The molecule has 4 amide bonds. The SMILES string of the molecule is Cc1cc(C(=O)N2CC3CC2C2C(=O)N(c4ccc(C#N)c(C(F)(F)F)c4)C(=O)N32)no1. The number of rotatable bonds is 2. The minimum absolute atomic E-state index is 0.0807. The van der Waals surface area contributed by atoms with E-state index in [1.807, 2.05) is 0 Å². The van der Waals surface area contributed by atoms with Gasteiger partial charge in [-0.2, -0.15) is 18.4 Å². The summed E-state index contributed by atoms with van der Waals surface area (Å²) in [6.45, 7) is 1.81. The minimum atomic E-state index is -4.83. The van der Waals surface area contributed by atoms with Crippen LogP contribution in [0, 0.1) is 18.3 Å². The van der Waals surface area contributed by atoms with E-state index >= 15 is 0 Å². The maximum atomic E-state index is 13.4. The van der Waals surface area contributed by atoms with E-state index < -0.39 is 53.3 Å². The Hall–Kier alpha value is -3.88. The van der Waals surface area contributed by atoms with Crippen LogP contribution in [0.15, 0.2) is 28.8 Å². The van der Waals surface area contributed by atoms with Crippen molar-refractivity contribution >= 4 is 23.5 Å². The Balaban J connectivity index is 1.47. The predicted octanol–water partition coefficient (Wildman–Crippen LogP) is 2.31. The summed E-state index contributed by atoms with van der Waals surface area (Å²) in [6, 6.07) is 2.82. The highest BCUT2D eigenvalue weighted by molar-refractivity contribution is 6.22. The van der Waals surface area contributed by atoms with Gasteiger partial charge in [0, 0.05) is 12.6 Å². The molecule has 12 heteroatoms. The van der Waals surface area contributed by atoms with Crippen molar-refractivity contribution in [2.24, 2.45) is 0 Å². The normalized spacial score (nSPS) is 24.3. The highest BCUT2D eigenvalue weighted by Crippen LogP contribution is 2.43. The molecule has 164 valence electrons. The monoisotopic (exact) mass is 445 g/mol. The standard InChI is InChI=1S/C20H14F3N5O4/c1-9-4-14(25-32-9)17(29)26-8-12-6-15(26)16-18(30)28(19(31)27(12)16)11-3-2-10(7-24)13(5-11)20(21,22)23/h2-5,12,15-16H,6,8H2,1H3. The van der Waals surface area contributed by atoms with E-state index in [-0.39, 0.29) is 17.9 Å². The first kappa shape index (κ1) is 20.0. The Kier molecular flexibility index (Phi) is 4.11. The number of hydrogen-bond donors (Lipinski definition) is 0. The molecular weight excluding hydrogens is 431 g/mol. The fourth-order valence-electron chi connectivity index (χ4n) is 4.75. The molecule has 4 heterocycles. The third-order valence-corrected chi connectivity index (χ3v) is 6.06. The number of imide groups is 1. The summed E-state index contributed by atoms with van der Waals surface area (Å²) >= 11 is 0. The van der Waals surface area contributed by atoms with Gasteiger partial charge in [0.05, 0.1) is 35.0 Å². The van der Waals surface area contributed by atoms with Gasteiger partial charge in [-0.1, -0.05) is 5.16 Å². The number of amides is 4. The van der Waals surface area contributed by atoms with Gasteiger partial charge < -0.3 is 14.3 Å². The van der Waals surface area contributed by atoms with Gasteiger partial charge in [-0.25, -0.2) is 9.69 Å². The third kappa shape index (κ3) is 2.70. The first-order valence-corrected chi connectivity index (χ1v) is 9.63. The predicted molar refractivity (Wildman–Crippen MR) is 99.1 cm³/mol. The lowest BCUT2D eigenvalue weighted by Crippen LogP contribution is -2.54. The lowest BCUT2D eigenvalue weighted by Gasteiger charge is -2.34. The molecule has 1 aromatic carbocycles. The van der Waals surface area contributed by atoms with Crippen LogP contribution in [0.25, 0.3) is 0 Å². The summed E-state index contributed by atoms with van der Waals surface area (Å²) in [6.07, 6.45) is -4.44. The Labute approximate surface area is 178 Å². The van der Waals surface area contributed by atoms with E-state index in [0.717, 1.165) is 12.1 Å². The molecule has 32 heavy (non-hydrogen) atoms. The first-order chi connectivity index (χ1) is 15.1. The second kappa shape index (κ2) is 6.56. The average molecular weight is 445 g/mol. The van der Waals surface area contributed by atoms with Crippen molar-refractivity contribution in [3.8, 4) is 6.07 Å². The first-order valence-electron chi connectivity index (χ1n) is 9.63. The average Bonchev–Trinajstić information content (AvgIpc) is 3.50. The van der Waals surface area contributed by atoms with Gasteiger partial charge in [0.15, 0.2) is 5.69 Å². The molecule has 3 atom stereocenters. The molecule has 1 aromatic heterocycles. The van der Waals surface area contributed by atoms with Crippen molar-refractivity contribution in [1.29, 1.82) is 5.26 Å². The van der Waals surface area contributed by atoms with E-state index in [9.17, 15) is 27.6 Å². The summed E-state index contributed by atoms with van der Waals surface area (Å²) < 4.78 is 45.0. The van der Waals surface area contributed by atoms with Crippen molar-refractivity contribution < 1.29 is 32.1 Å². The molecule has 0 aliphatic carbocycles. The van der Waals surface area contributed by atoms with E-state index in [0.29, 0.717) is 23.1 Å². The zero-order valence-corrected chi connectivity index (χ0v) is 16.5. The number of aromatic nitrogens is 1. The van der Waals surface area contributed by atoms with Crippen LogP contribution in [0.5, 0.6) is 0 Å². The Bertz CT molecular complexity index is 1220. The van der Waals surface area contributed by atoms with Gasteiger partial charge in [0.25, 0.3) is 11.8 Å². The highest BCUT2D eigenvalue weighted by atomic mass is 19.4. The summed E-state index contributed by atoms with van der Waals surface area (Å²) in [7, 11) is 0. The molecule has 2 aromatic rings. The number of aryl methyl sites for hydroxylation is 1. The van der Waals surface area contributed by atoms with Crippen molar-refractivity contribution in [3.63, 3.8) is 0 Å². The number of benzene rings is 1. The zero-order valence-electron chi connectivity index (χ0n) is 16.5. The molecule has 3 fully saturated rings. The smallest absolute Gasteiger partial charge is 0.361 e. The number of halogens is 3. The van der Waals surface area contributed by atoms with E-state index in [4.69, 9.17) is 9.78 Å². The molecular formula is C20H14F3N5O4. The van der Waals surface area contributed by atoms with Crippen LogP contribution < -0.4 is 4.90 Å². The topological polar surface area (TPSA) is 111 Å². The summed E-state index contributed by atoms with van der Waals surface area (Å²) in [5.74, 6) is -0.710. The summed E-state index contributed by atoms with van der Waals surface area (Å²) in [5, 5.41) is 12.7. The van der Waals surface area contributed by atoms with Crippen LogP contribution in [0.1, 0.15) is 33.8 Å². The molecule has 3 aliphatic rings. The van der Waals surface area contributed by atoms with Crippen LogP contribution in [-0.4, -0.2) is 57.5 Å². The van der Waals surface area contributed by atoms with Crippen molar-refractivity contribution in [3.05, 3.63) is 46.8 Å². The van der Waals surface area contributed by atoms with Crippen LogP contribution in [0.4, 0.5) is 23.7 Å². The largest absolute Gasteiger partial charge is 0.417 e. The number of carbonyl (C=O) groups excluding carboxylic acids is 3. The van der Waals surface area contributed by atoms with E-state index in [2.05, 4.69) is 5.16 Å². The fraction of sp³-hybridized carbons (Fsp3) is 0.350. The molecule has 9 nitrogen and oxygen atoms in total. The number of hydrogen-bond acceptors (Lipinski definition) is 6. The Morgan fingerprint density at radius 3 is 2.66 bits per heavy atom. The fourth-order valence-corrected chi connectivity index (χ4v) is 4.75. The van der Waals surface area contributed by atoms with Crippen molar-refractivity contribution in [2.45, 2.75) is 37.6 Å². The summed E-state index contributed by atoms with van der Waals surface area (Å²) in [4.78, 5) is 42.5. The number of piperazine rings is 1. The van der Waals surface area contributed by atoms with Crippen LogP contribution in [-0.2, 0) is 11.0 Å². The third-order valence-electron chi connectivity index (χ3n) is 6.06. The van der Waals surface area contributed by atoms with Gasteiger partial charge in [-0.05, 0) is 31.5 Å². The van der Waals surface area contributed by atoms with Gasteiger partial charge in [0.1, 0.15) is 11.8 Å². The van der Waals surface area contributed by atoms with Crippen LogP contribution >= 0.6 is 0 Å². The van der Waals surface area contributed by atoms with Crippen LogP contribution in [0.2, 0.25) is 0 Å².